The maximum Gasteiger partial charge on any atom is 0.254 e. The topological polar surface area (TPSA) is 61.8 Å². The molecular weight excluding hydrogens is 354 g/mol. The number of amides is 1. The second-order valence-corrected chi connectivity index (χ2v) is 7.41. The normalized spacial score (nSPS) is 17.7. The van der Waals surface area contributed by atoms with Crippen molar-refractivity contribution >= 4 is 17.7 Å². The molecule has 1 aromatic carbocycles. The van der Waals surface area contributed by atoms with Crippen LogP contribution in [0, 0.1) is 13.8 Å². The van der Waals surface area contributed by atoms with Crippen LogP contribution < -0.4 is 9.80 Å². The molecule has 1 amide bonds. The summed E-state index contributed by atoms with van der Waals surface area (Å²) in [6.45, 7) is 10.0. The number of carbonyl (C=O) groups is 1. The van der Waals surface area contributed by atoms with Crippen LogP contribution in [0.1, 0.15) is 21.5 Å². The third kappa shape index (κ3) is 3.94. The van der Waals surface area contributed by atoms with E-state index in [2.05, 4.69) is 14.8 Å². The lowest BCUT2D eigenvalue weighted by Gasteiger charge is -2.36. The molecule has 7 nitrogen and oxygen atoms in total. The number of hydrogen-bond donors (Lipinski definition) is 0. The number of benzene rings is 1. The van der Waals surface area contributed by atoms with E-state index >= 15 is 0 Å². The monoisotopic (exact) mass is 381 g/mol. The number of ether oxygens (including phenoxy) is 1. The standard InChI is InChI=1S/C21H27N5O2/c1-16-3-4-17(2)18(15-16)20(27)25-9-7-24(8-10-25)19-5-6-22-21(23-19)26-11-13-28-14-12-26/h3-6,15H,7-14H2,1-2H3. The molecule has 28 heavy (non-hydrogen) atoms. The Morgan fingerprint density at radius 2 is 1.71 bits per heavy atom. The van der Waals surface area contributed by atoms with Crippen molar-refractivity contribution in [2.75, 3.05) is 62.3 Å². The van der Waals surface area contributed by atoms with E-state index in [0.717, 1.165) is 54.6 Å². The van der Waals surface area contributed by atoms with Gasteiger partial charge < -0.3 is 19.4 Å². The van der Waals surface area contributed by atoms with Crippen LogP contribution in [0.25, 0.3) is 0 Å². The number of anilines is 2. The van der Waals surface area contributed by atoms with Gasteiger partial charge in [-0.15, -0.1) is 0 Å². The number of nitrogens with zero attached hydrogens (tertiary/aromatic N) is 5. The summed E-state index contributed by atoms with van der Waals surface area (Å²) < 4.78 is 5.41. The fourth-order valence-corrected chi connectivity index (χ4v) is 3.71. The molecule has 2 saturated heterocycles. The highest BCUT2D eigenvalue weighted by atomic mass is 16.5. The minimum atomic E-state index is 0.123. The average molecular weight is 381 g/mol. The maximum atomic E-state index is 12.9. The van der Waals surface area contributed by atoms with E-state index in [1.165, 1.54) is 0 Å². The first-order chi connectivity index (χ1) is 13.6. The maximum absolute atomic E-state index is 12.9. The van der Waals surface area contributed by atoms with Gasteiger partial charge in [0.25, 0.3) is 5.91 Å². The van der Waals surface area contributed by atoms with Crippen LogP contribution in [0.5, 0.6) is 0 Å². The molecular formula is C21H27N5O2. The second-order valence-electron chi connectivity index (χ2n) is 7.41. The molecule has 3 heterocycles. The molecule has 0 spiro atoms. The summed E-state index contributed by atoms with van der Waals surface area (Å²) >= 11 is 0. The number of piperazine rings is 1. The molecule has 1 aromatic heterocycles. The zero-order chi connectivity index (χ0) is 19.5. The molecule has 2 aliphatic rings. The summed E-state index contributed by atoms with van der Waals surface area (Å²) in [5, 5.41) is 0. The van der Waals surface area contributed by atoms with Gasteiger partial charge in [-0.2, -0.15) is 4.98 Å². The first kappa shape index (κ1) is 18.7. The minimum absolute atomic E-state index is 0.123. The molecule has 0 atom stereocenters. The summed E-state index contributed by atoms with van der Waals surface area (Å²) in [4.78, 5) is 28.5. The molecule has 0 unspecified atom stereocenters. The average Bonchev–Trinajstić information content (AvgIpc) is 2.76. The number of aromatic nitrogens is 2. The van der Waals surface area contributed by atoms with Crippen molar-refractivity contribution < 1.29 is 9.53 Å². The molecule has 7 heteroatoms. The van der Waals surface area contributed by atoms with Gasteiger partial charge in [-0.25, -0.2) is 4.98 Å². The molecule has 2 fully saturated rings. The quantitative estimate of drug-likeness (QED) is 0.809. The highest BCUT2D eigenvalue weighted by molar-refractivity contribution is 5.96. The molecule has 2 aromatic rings. The van der Waals surface area contributed by atoms with Crippen molar-refractivity contribution in [2.24, 2.45) is 0 Å². The van der Waals surface area contributed by atoms with E-state index in [4.69, 9.17) is 9.72 Å². The van der Waals surface area contributed by atoms with Crippen LogP contribution in [0.3, 0.4) is 0 Å². The summed E-state index contributed by atoms with van der Waals surface area (Å²) in [6.07, 6.45) is 1.82. The highest BCUT2D eigenvalue weighted by Crippen LogP contribution is 2.19. The molecule has 4 rings (SSSR count). The Morgan fingerprint density at radius 1 is 0.964 bits per heavy atom. The Kier molecular flexibility index (Phi) is 5.43. The van der Waals surface area contributed by atoms with Crippen LogP contribution in [-0.2, 0) is 4.74 Å². The molecule has 0 bridgehead atoms. The van der Waals surface area contributed by atoms with E-state index in [1.807, 2.05) is 49.2 Å². The number of rotatable bonds is 3. The minimum Gasteiger partial charge on any atom is -0.378 e. The summed E-state index contributed by atoms with van der Waals surface area (Å²) in [6, 6.07) is 8.01. The van der Waals surface area contributed by atoms with Crippen molar-refractivity contribution in [1.82, 2.24) is 14.9 Å². The smallest absolute Gasteiger partial charge is 0.254 e. The highest BCUT2D eigenvalue weighted by Gasteiger charge is 2.24. The van der Waals surface area contributed by atoms with E-state index in [-0.39, 0.29) is 5.91 Å². The van der Waals surface area contributed by atoms with Gasteiger partial charge >= 0.3 is 0 Å². The van der Waals surface area contributed by atoms with Gasteiger partial charge in [0.1, 0.15) is 5.82 Å². The Bertz CT molecular complexity index is 842. The van der Waals surface area contributed by atoms with E-state index in [0.29, 0.717) is 26.3 Å². The van der Waals surface area contributed by atoms with Gasteiger partial charge in [-0.3, -0.25) is 4.79 Å². The Balaban J connectivity index is 1.41. The van der Waals surface area contributed by atoms with Gasteiger partial charge in [-0.05, 0) is 31.5 Å². The lowest BCUT2D eigenvalue weighted by molar-refractivity contribution is 0.0745. The number of aryl methyl sites for hydroxylation is 2. The third-order valence-corrected chi connectivity index (χ3v) is 5.44. The van der Waals surface area contributed by atoms with Crippen LogP contribution in [0.2, 0.25) is 0 Å². The fraction of sp³-hybridized carbons (Fsp3) is 0.476. The lowest BCUT2D eigenvalue weighted by atomic mass is 10.0. The first-order valence-electron chi connectivity index (χ1n) is 9.89. The van der Waals surface area contributed by atoms with E-state index in [1.54, 1.807) is 0 Å². The van der Waals surface area contributed by atoms with Crippen molar-refractivity contribution in [2.45, 2.75) is 13.8 Å². The third-order valence-electron chi connectivity index (χ3n) is 5.44. The van der Waals surface area contributed by atoms with Crippen LogP contribution in [0.4, 0.5) is 11.8 Å². The molecule has 2 aliphatic heterocycles. The molecule has 148 valence electrons. The Labute approximate surface area is 165 Å². The van der Waals surface area contributed by atoms with Crippen LogP contribution in [0.15, 0.2) is 30.5 Å². The van der Waals surface area contributed by atoms with Crippen molar-refractivity contribution in [3.05, 3.63) is 47.2 Å². The number of hydrogen-bond acceptors (Lipinski definition) is 6. The number of carbonyl (C=O) groups excluding carboxylic acids is 1. The fourth-order valence-electron chi connectivity index (χ4n) is 3.71. The van der Waals surface area contributed by atoms with E-state index in [9.17, 15) is 4.79 Å². The van der Waals surface area contributed by atoms with Crippen molar-refractivity contribution in [1.29, 1.82) is 0 Å². The largest absolute Gasteiger partial charge is 0.378 e. The molecule has 0 N–H and O–H groups in total. The second kappa shape index (κ2) is 8.14. The summed E-state index contributed by atoms with van der Waals surface area (Å²) in [5.41, 5.74) is 2.96. The van der Waals surface area contributed by atoms with Gasteiger partial charge in [0.05, 0.1) is 13.2 Å². The van der Waals surface area contributed by atoms with Gasteiger partial charge in [0.15, 0.2) is 0 Å². The molecule has 0 radical (unpaired) electrons. The van der Waals surface area contributed by atoms with Crippen molar-refractivity contribution in [3.8, 4) is 0 Å². The number of morpholine rings is 1. The van der Waals surface area contributed by atoms with Crippen LogP contribution in [-0.4, -0.2) is 73.3 Å². The molecule has 0 saturated carbocycles. The van der Waals surface area contributed by atoms with E-state index < -0.39 is 0 Å². The zero-order valence-corrected chi connectivity index (χ0v) is 16.6. The van der Waals surface area contributed by atoms with Gasteiger partial charge in [-0.1, -0.05) is 17.7 Å². The first-order valence-corrected chi connectivity index (χ1v) is 9.89. The molecule has 0 aliphatic carbocycles. The predicted molar refractivity (Wildman–Crippen MR) is 109 cm³/mol. The summed E-state index contributed by atoms with van der Waals surface area (Å²) in [7, 11) is 0. The zero-order valence-electron chi connectivity index (χ0n) is 16.6. The SMILES string of the molecule is Cc1ccc(C)c(C(=O)N2CCN(c3ccnc(N4CCOCC4)n3)CC2)c1. The lowest BCUT2D eigenvalue weighted by Crippen LogP contribution is -2.49. The predicted octanol–water partition coefficient (Wildman–Crippen LogP) is 1.89. The summed E-state index contributed by atoms with van der Waals surface area (Å²) in [5.74, 6) is 1.81. The Morgan fingerprint density at radius 3 is 2.46 bits per heavy atom. The van der Waals surface area contributed by atoms with Gasteiger partial charge in [0, 0.05) is 51.0 Å². The van der Waals surface area contributed by atoms with Crippen molar-refractivity contribution in [3.63, 3.8) is 0 Å². The van der Waals surface area contributed by atoms with Gasteiger partial charge in [0.2, 0.25) is 5.95 Å². The van der Waals surface area contributed by atoms with Crippen LogP contribution >= 0.6 is 0 Å². The Hall–Kier alpha value is -2.67.